The number of piperidine rings is 1. The predicted octanol–water partition coefficient (Wildman–Crippen LogP) is 3.59. The van der Waals surface area contributed by atoms with Crippen LogP contribution in [-0.4, -0.2) is 28.9 Å². The fourth-order valence-corrected chi connectivity index (χ4v) is 4.36. The van der Waals surface area contributed by atoms with Gasteiger partial charge in [-0.1, -0.05) is 34.1 Å². The van der Waals surface area contributed by atoms with Crippen molar-refractivity contribution < 1.29 is 4.74 Å². The van der Waals surface area contributed by atoms with Crippen molar-refractivity contribution in [2.45, 2.75) is 49.1 Å². The third kappa shape index (κ3) is 2.30. The molecule has 0 N–H and O–H groups in total. The Morgan fingerprint density at radius 3 is 2.56 bits per heavy atom. The molecule has 0 saturated carbocycles. The van der Waals surface area contributed by atoms with Gasteiger partial charge < -0.3 is 4.74 Å². The molecule has 2 aliphatic rings. The maximum Gasteiger partial charge on any atom is 0.123 e. The summed E-state index contributed by atoms with van der Waals surface area (Å²) in [6.07, 6.45) is 5.32. The van der Waals surface area contributed by atoms with Gasteiger partial charge in [0, 0.05) is 29.0 Å². The van der Waals surface area contributed by atoms with Gasteiger partial charge in [-0.3, -0.25) is 4.90 Å². The maximum atomic E-state index is 5.46. The number of rotatable bonds is 3. The van der Waals surface area contributed by atoms with E-state index in [0.717, 1.165) is 29.2 Å². The molecule has 18 heavy (non-hydrogen) atoms. The molecule has 2 atom stereocenters. The molecule has 3 rings (SSSR count). The summed E-state index contributed by atoms with van der Waals surface area (Å²) in [6.45, 7) is 1.04. The molecule has 2 bridgehead atoms. The Hall–Kier alpha value is -0.540. The molecule has 1 aromatic rings. The largest absolute Gasteiger partial charge is 0.496 e. The van der Waals surface area contributed by atoms with Crippen molar-refractivity contribution >= 4 is 15.9 Å². The Balaban J connectivity index is 1.77. The highest BCUT2D eigenvalue weighted by molar-refractivity contribution is 9.09. The second-order valence-corrected chi connectivity index (χ2v) is 6.73. The van der Waals surface area contributed by atoms with Crippen LogP contribution >= 0.6 is 15.9 Å². The zero-order chi connectivity index (χ0) is 12.5. The van der Waals surface area contributed by atoms with Gasteiger partial charge >= 0.3 is 0 Å². The van der Waals surface area contributed by atoms with Crippen LogP contribution in [0.15, 0.2) is 24.3 Å². The standard InChI is InChI=1S/C15H20BrNO/c1-18-15-5-3-2-4-11(15)10-17-13-6-7-14(17)9-12(16)8-13/h2-5,12-14H,6-10H2,1H3. The quantitative estimate of drug-likeness (QED) is 0.791. The summed E-state index contributed by atoms with van der Waals surface area (Å²) in [5, 5.41) is 0. The van der Waals surface area contributed by atoms with Gasteiger partial charge in [-0.05, 0) is 31.7 Å². The SMILES string of the molecule is COc1ccccc1CN1C2CCC1CC(Br)C2. The van der Waals surface area contributed by atoms with Crippen LogP contribution in [0.25, 0.3) is 0 Å². The van der Waals surface area contributed by atoms with Gasteiger partial charge in [0.2, 0.25) is 0 Å². The predicted molar refractivity (Wildman–Crippen MR) is 77.3 cm³/mol. The number of hydrogen-bond acceptors (Lipinski definition) is 2. The van der Waals surface area contributed by atoms with Crippen LogP contribution in [0, 0.1) is 0 Å². The first-order valence-corrected chi connectivity index (χ1v) is 7.71. The Morgan fingerprint density at radius 2 is 1.89 bits per heavy atom. The average Bonchev–Trinajstić information content (AvgIpc) is 2.62. The minimum atomic E-state index is 0.726. The van der Waals surface area contributed by atoms with Crippen molar-refractivity contribution in [1.82, 2.24) is 4.90 Å². The van der Waals surface area contributed by atoms with Crippen molar-refractivity contribution in [2.75, 3.05) is 7.11 Å². The molecule has 0 aliphatic carbocycles. The minimum Gasteiger partial charge on any atom is -0.496 e. The third-order valence-electron chi connectivity index (χ3n) is 4.37. The Labute approximate surface area is 117 Å². The van der Waals surface area contributed by atoms with Gasteiger partial charge in [0.15, 0.2) is 0 Å². The third-order valence-corrected chi connectivity index (χ3v) is 5.12. The summed E-state index contributed by atoms with van der Waals surface area (Å²) in [4.78, 5) is 3.42. The number of halogens is 1. The molecule has 0 spiro atoms. The van der Waals surface area contributed by atoms with Gasteiger partial charge in [0.05, 0.1) is 7.11 Å². The molecule has 98 valence electrons. The average molecular weight is 310 g/mol. The van der Waals surface area contributed by atoms with Crippen molar-refractivity contribution in [3.8, 4) is 5.75 Å². The molecule has 3 heteroatoms. The van der Waals surface area contributed by atoms with Crippen LogP contribution in [-0.2, 0) is 6.54 Å². The Kier molecular flexibility index (Phi) is 3.62. The molecule has 2 nitrogen and oxygen atoms in total. The summed E-state index contributed by atoms with van der Waals surface area (Å²) in [5.74, 6) is 1.03. The second-order valence-electron chi connectivity index (χ2n) is 5.44. The van der Waals surface area contributed by atoms with Gasteiger partial charge in [0.25, 0.3) is 0 Å². The first-order chi connectivity index (χ1) is 8.78. The van der Waals surface area contributed by atoms with Gasteiger partial charge in [-0.25, -0.2) is 0 Å². The fraction of sp³-hybridized carbons (Fsp3) is 0.600. The van der Waals surface area contributed by atoms with Gasteiger partial charge in [-0.15, -0.1) is 0 Å². The summed E-state index contributed by atoms with van der Waals surface area (Å²) in [7, 11) is 1.76. The van der Waals surface area contributed by atoms with E-state index in [0.29, 0.717) is 0 Å². The van der Waals surface area contributed by atoms with E-state index in [4.69, 9.17) is 4.74 Å². The summed E-state index contributed by atoms with van der Waals surface area (Å²) >= 11 is 3.80. The highest BCUT2D eigenvalue weighted by atomic mass is 79.9. The molecule has 2 saturated heterocycles. The highest BCUT2D eigenvalue weighted by Crippen LogP contribution is 2.39. The number of para-hydroxylation sites is 1. The van der Waals surface area contributed by atoms with E-state index in [-0.39, 0.29) is 0 Å². The van der Waals surface area contributed by atoms with Crippen molar-refractivity contribution in [3.05, 3.63) is 29.8 Å². The van der Waals surface area contributed by atoms with Crippen LogP contribution in [0.5, 0.6) is 5.75 Å². The first kappa shape index (κ1) is 12.5. The molecular weight excluding hydrogens is 290 g/mol. The van der Waals surface area contributed by atoms with E-state index in [1.807, 2.05) is 6.07 Å². The lowest BCUT2D eigenvalue weighted by molar-refractivity contribution is 0.135. The molecule has 0 amide bonds. The molecule has 2 fully saturated rings. The lowest BCUT2D eigenvalue weighted by Gasteiger charge is -2.37. The number of ether oxygens (including phenoxy) is 1. The van der Waals surface area contributed by atoms with Gasteiger partial charge in [0.1, 0.15) is 5.75 Å². The Morgan fingerprint density at radius 1 is 1.22 bits per heavy atom. The summed E-state index contributed by atoms with van der Waals surface area (Å²) in [5.41, 5.74) is 1.32. The number of fused-ring (bicyclic) bond motifs is 2. The van der Waals surface area contributed by atoms with E-state index in [1.54, 1.807) is 7.11 Å². The fourth-order valence-electron chi connectivity index (χ4n) is 3.50. The van der Waals surface area contributed by atoms with Crippen molar-refractivity contribution in [1.29, 1.82) is 0 Å². The van der Waals surface area contributed by atoms with Crippen molar-refractivity contribution in [2.24, 2.45) is 0 Å². The van der Waals surface area contributed by atoms with Gasteiger partial charge in [-0.2, -0.15) is 0 Å². The lowest BCUT2D eigenvalue weighted by Crippen LogP contribution is -2.42. The van der Waals surface area contributed by atoms with E-state index in [9.17, 15) is 0 Å². The normalized spacial score (nSPS) is 31.6. The molecule has 1 aromatic carbocycles. The minimum absolute atomic E-state index is 0.726. The smallest absolute Gasteiger partial charge is 0.123 e. The monoisotopic (exact) mass is 309 g/mol. The van der Waals surface area contributed by atoms with Crippen LogP contribution in [0.2, 0.25) is 0 Å². The number of nitrogens with zero attached hydrogens (tertiary/aromatic N) is 1. The molecular formula is C15H20BrNO. The van der Waals surface area contributed by atoms with Crippen LogP contribution < -0.4 is 4.74 Å². The zero-order valence-electron chi connectivity index (χ0n) is 10.8. The molecule has 2 unspecified atom stereocenters. The van der Waals surface area contributed by atoms with Crippen LogP contribution in [0.3, 0.4) is 0 Å². The number of alkyl halides is 1. The van der Waals surface area contributed by atoms with E-state index < -0.39 is 0 Å². The number of methoxy groups -OCH3 is 1. The van der Waals surface area contributed by atoms with E-state index in [1.165, 1.54) is 31.2 Å². The second kappa shape index (κ2) is 5.22. The van der Waals surface area contributed by atoms with Crippen LogP contribution in [0.1, 0.15) is 31.2 Å². The molecule has 0 radical (unpaired) electrons. The Bertz CT molecular complexity index is 409. The van der Waals surface area contributed by atoms with Crippen LogP contribution in [0.4, 0.5) is 0 Å². The zero-order valence-corrected chi connectivity index (χ0v) is 12.4. The molecule has 2 heterocycles. The topological polar surface area (TPSA) is 12.5 Å². The highest BCUT2D eigenvalue weighted by Gasteiger charge is 2.39. The number of benzene rings is 1. The maximum absolute atomic E-state index is 5.46. The van der Waals surface area contributed by atoms with E-state index >= 15 is 0 Å². The molecule has 2 aliphatic heterocycles. The lowest BCUT2D eigenvalue weighted by atomic mass is 10.0. The first-order valence-electron chi connectivity index (χ1n) is 6.79. The van der Waals surface area contributed by atoms with E-state index in [2.05, 4.69) is 39.0 Å². The summed E-state index contributed by atoms with van der Waals surface area (Å²) < 4.78 is 5.46. The van der Waals surface area contributed by atoms with Crippen molar-refractivity contribution in [3.63, 3.8) is 0 Å². The number of hydrogen-bond donors (Lipinski definition) is 0. The molecule has 0 aromatic heterocycles. The summed E-state index contributed by atoms with van der Waals surface area (Å²) in [6, 6.07) is 9.93.